The molecule has 0 saturated carbocycles. The Balaban J connectivity index is 2.57. The second-order valence-electron chi connectivity index (χ2n) is 6.34. The van der Waals surface area contributed by atoms with Crippen molar-refractivity contribution in [2.45, 2.75) is 65.2 Å². The molecule has 1 N–H and O–H groups in total. The fourth-order valence-corrected chi connectivity index (χ4v) is 2.94. The van der Waals surface area contributed by atoms with E-state index in [2.05, 4.69) is 24.1 Å². The molecule has 0 bridgehead atoms. The number of non-ortho nitro benzene ring substituents is 1. The van der Waals surface area contributed by atoms with Gasteiger partial charge in [0.05, 0.1) is 4.92 Å². The lowest BCUT2D eigenvalue weighted by Gasteiger charge is -2.26. The van der Waals surface area contributed by atoms with Crippen LogP contribution in [0.4, 0.5) is 11.4 Å². The summed E-state index contributed by atoms with van der Waals surface area (Å²) >= 11 is 5.58. The Kier molecular flexibility index (Phi) is 10.8. The number of nitrogens with one attached hydrogen (secondary N) is 1. The average Bonchev–Trinajstić information content (AvgIpc) is 2.60. The molecule has 0 heterocycles. The summed E-state index contributed by atoms with van der Waals surface area (Å²) in [6.45, 7) is 6.35. The van der Waals surface area contributed by atoms with Crippen LogP contribution in [0, 0.1) is 10.1 Å². The Morgan fingerprint density at radius 2 is 1.52 bits per heavy atom. The number of rotatable bonds is 12. The average molecular weight is 366 g/mol. The van der Waals surface area contributed by atoms with Gasteiger partial charge in [-0.2, -0.15) is 0 Å². The first-order valence-electron chi connectivity index (χ1n) is 9.38. The third kappa shape index (κ3) is 8.82. The van der Waals surface area contributed by atoms with Crippen molar-refractivity contribution in [3.8, 4) is 0 Å². The van der Waals surface area contributed by atoms with E-state index in [4.69, 9.17) is 12.2 Å². The molecule has 0 fully saturated rings. The highest BCUT2D eigenvalue weighted by atomic mass is 32.1. The molecule has 0 unspecified atom stereocenters. The molecule has 5 nitrogen and oxygen atoms in total. The second kappa shape index (κ2) is 12.6. The van der Waals surface area contributed by atoms with Crippen molar-refractivity contribution in [2.24, 2.45) is 0 Å². The number of nitrogens with zero attached hydrogens (tertiary/aromatic N) is 2. The van der Waals surface area contributed by atoms with Crippen LogP contribution in [-0.2, 0) is 0 Å². The van der Waals surface area contributed by atoms with Gasteiger partial charge in [0.1, 0.15) is 0 Å². The molecule has 0 aliphatic rings. The Labute approximate surface area is 156 Å². The SMILES string of the molecule is CCCCCCN(CCCCCC)C(=S)Nc1ccc([N+](=O)[O-])cc1. The molecule has 0 radical (unpaired) electrons. The summed E-state index contributed by atoms with van der Waals surface area (Å²) in [5.74, 6) is 0. The predicted molar refractivity (Wildman–Crippen MR) is 109 cm³/mol. The smallest absolute Gasteiger partial charge is 0.269 e. The third-order valence-corrected chi connectivity index (χ3v) is 4.54. The largest absolute Gasteiger partial charge is 0.349 e. The van der Waals surface area contributed by atoms with Crippen LogP contribution >= 0.6 is 12.2 Å². The standard InChI is InChI=1S/C19H31N3O2S/c1-3-5-7-9-15-21(16-10-8-6-4-2)19(25)20-17-11-13-18(14-12-17)22(23)24/h11-14H,3-10,15-16H2,1-2H3,(H,20,25). The van der Waals surface area contributed by atoms with Crippen molar-refractivity contribution in [1.82, 2.24) is 4.90 Å². The number of nitro groups is 1. The molecule has 1 aromatic carbocycles. The molecule has 0 saturated heterocycles. The highest BCUT2D eigenvalue weighted by molar-refractivity contribution is 7.80. The Hall–Kier alpha value is -1.69. The van der Waals surface area contributed by atoms with Crippen molar-refractivity contribution in [3.05, 3.63) is 34.4 Å². The number of hydrogen-bond donors (Lipinski definition) is 1. The first-order valence-corrected chi connectivity index (χ1v) is 9.79. The number of unbranched alkanes of at least 4 members (excludes halogenated alkanes) is 6. The van der Waals surface area contributed by atoms with Crippen LogP contribution < -0.4 is 5.32 Å². The number of benzene rings is 1. The maximum absolute atomic E-state index is 10.7. The zero-order valence-electron chi connectivity index (χ0n) is 15.5. The Morgan fingerprint density at radius 1 is 1.00 bits per heavy atom. The molecule has 0 aliphatic carbocycles. The highest BCUT2D eigenvalue weighted by Crippen LogP contribution is 2.16. The second-order valence-corrected chi connectivity index (χ2v) is 6.73. The molecule has 0 atom stereocenters. The lowest BCUT2D eigenvalue weighted by Crippen LogP contribution is -2.36. The molecular weight excluding hydrogens is 334 g/mol. The molecular formula is C19H31N3O2S. The zero-order valence-corrected chi connectivity index (χ0v) is 16.3. The van der Waals surface area contributed by atoms with Crippen LogP contribution in [0.2, 0.25) is 0 Å². The highest BCUT2D eigenvalue weighted by Gasteiger charge is 2.10. The van der Waals surface area contributed by atoms with Gasteiger partial charge in [0.2, 0.25) is 0 Å². The summed E-state index contributed by atoms with van der Waals surface area (Å²) in [6.07, 6.45) is 9.69. The lowest BCUT2D eigenvalue weighted by atomic mass is 10.2. The van der Waals surface area contributed by atoms with Crippen LogP contribution in [0.1, 0.15) is 65.2 Å². The van der Waals surface area contributed by atoms with E-state index in [0.29, 0.717) is 5.11 Å². The van der Waals surface area contributed by atoms with E-state index < -0.39 is 4.92 Å². The quantitative estimate of drug-likeness (QED) is 0.221. The lowest BCUT2D eigenvalue weighted by molar-refractivity contribution is -0.384. The molecule has 0 spiro atoms. The van der Waals surface area contributed by atoms with E-state index >= 15 is 0 Å². The predicted octanol–water partition coefficient (Wildman–Crippen LogP) is 5.75. The molecule has 0 aliphatic heterocycles. The van der Waals surface area contributed by atoms with Gasteiger partial charge >= 0.3 is 0 Å². The fraction of sp³-hybridized carbons (Fsp3) is 0.632. The van der Waals surface area contributed by atoms with Gasteiger partial charge in [0.15, 0.2) is 5.11 Å². The number of thiocarbonyl (C=S) groups is 1. The van der Waals surface area contributed by atoms with Gasteiger partial charge in [-0.3, -0.25) is 10.1 Å². The monoisotopic (exact) mass is 365 g/mol. The van der Waals surface area contributed by atoms with Gasteiger partial charge in [0, 0.05) is 30.9 Å². The van der Waals surface area contributed by atoms with E-state index in [0.717, 1.165) is 31.6 Å². The molecule has 0 aromatic heterocycles. The minimum Gasteiger partial charge on any atom is -0.349 e. The number of hydrogen-bond acceptors (Lipinski definition) is 3. The van der Waals surface area contributed by atoms with Crippen LogP contribution in [0.25, 0.3) is 0 Å². The normalized spacial score (nSPS) is 10.5. The van der Waals surface area contributed by atoms with Crippen molar-refractivity contribution < 1.29 is 4.92 Å². The molecule has 25 heavy (non-hydrogen) atoms. The van der Waals surface area contributed by atoms with Gasteiger partial charge in [0.25, 0.3) is 5.69 Å². The van der Waals surface area contributed by atoms with Crippen molar-refractivity contribution >= 4 is 28.7 Å². The van der Waals surface area contributed by atoms with Gasteiger partial charge in [-0.1, -0.05) is 52.4 Å². The summed E-state index contributed by atoms with van der Waals surface area (Å²) in [4.78, 5) is 12.6. The first-order chi connectivity index (χ1) is 12.1. The molecule has 0 amide bonds. The van der Waals surface area contributed by atoms with Gasteiger partial charge in [-0.05, 0) is 37.2 Å². The van der Waals surface area contributed by atoms with E-state index in [1.165, 1.54) is 50.7 Å². The first kappa shape index (κ1) is 21.4. The Morgan fingerprint density at radius 3 is 1.96 bits per heavy atom. The topological polar surface area (TPSA) is 58.4 Å². The third-order valence-electron chi connectivity index (χ3n) is 4.18. The minimum absolute atomic E-state index is 0.0902. The van der Waals surface area contributed by atoms with E-state index in [9.17, 15) is 10.1 Å². The zero-order chi connectivity index (χ0) is 18.5. The van der Waals surface area contributed by atoms with Gasteiger partial charge < -0.3 is 10.2 Å². The maximum atomic E-state index is 10.7. The fourth-order valence-electron chi connectivity index (χ4n) is 2.64. The minimum atomic E-state index is -0.393. The Bertz CT molecular complexity index is 508. The summed E-state index contributed by atoms with van der Waals surface area (Å²) in [5.41, 5.74) is 0.884. The maximum Gasteiger partial charge on any atom is 0.269 e. The van der Waals surface area contributed by atoms with Crippen LogP contribution in [-0.4, -0.2) is 28.0 Å². The van der Waals surface area contributed by atoms with Gasteiger partial charge in [-0.15, -0.1) is 0 Å². The summed E-state index contributed by atoms with van der Waals surface area (Å²) in [7, 11) is 0. The van der Waals surface area contributed by atoms with Gasteiger partial charge in [-0.25, -0.2) is 0 Å². The molecule has 140 valence electrons. The summed E-state index contributed by atoms with van der Waals surface area (Å²) in [5, 5.41) is 14.7. The van der Waals surface area contributed by atoms with Crippen molar-refractivity contribution in [3.63, 3.8) is 0 Å². The van der Waals surface area contributed by atoms with E-state index in [1.807, 2.05) is 0 Å². The van der Waals surface area contributed by atoms with Crippen molar-refractivity contribution in [1.29, 1.82) is 0 Å². The summed E-state index contributed by atoms with van der Waals surface area (Å²) in [6, 6.07) is 6.41. The molecule has 1 rings (SSSR count). The molecule has 1 aromatic rings. The summed E-state index contributed by atoms with van der Waals surface area (Å²) < 4.78 is 0. The van der Waals surface area contributed by atoms with Crippen LogP contribution in [0.3, 0.4) is 0 Å². The van der Waals surface area contributed by atoms with Crippen molar-refractivity contribution in [2.75, 3.05) is 18.4 Å². The van der Waals surface area contributed by atoms with Crippen LogP contribution in [0.15, 0.2) is 24.3 Å². The van der Waals surface area contributed by atoms with E-state index in [-0.39, 0.29) is 5.69 Å². The van der Waals surface area contributed by atoms with E-state index in [1.54, 1.807) is 12.1 Å². The number of anilines is 1. The molecule has 6 heteroatoms. The number of nitro benzene ring substituents is 1. The van der Waals surface area contributed by atoms with Crippen LogP contribution in [0.5, 0.6) is 0 Å².